The molecule has 0 bridgehead atoms. The van der Waals surface area contributed by atoms with Crippen LogP contribution in [0, 0.1) is 0 Å². The molecule has 1 heterocycles. The van der Waals surface area contributed by atoms with Crippen LogP contribution in [0.5, 0.6) is 11.5 Å². The van der Waals surface area contributed by atoms with Gasteiger partial charge in [0.15, 0.2) is 0 Å². The molecule has 0 radical (unpaired) electrons. The zero-order valence-corrected chi connectivity index (χ0v) is 14.4. The Labute approximate surface area is 144 Å². The van der Waals surface area contributed by atoms with Crippen LogP contribution in [0.25, 0.3) is 0 Å². The Morgan fingerprint density at radius 1 is 1.00 bits per heavy atom. The van der Waals surface area contributed by atoms with Gasteiger partial charge in [0.2, 0.25) is 5.91 Å². The molecule has 23 heavy (non-hydrogen) atoms. The number of amides is 1. The number of hydrogen-bond donors (Lipinski definition) is 1. The lowest BCUT2D eigenvalue weighted by Gasteiger charge is -2.14. The average molecular weight is 375 g/mol. The van der Waals surface area contributed by atoms with Crippen LogP contribution in [0.4, 0.5) is 5.69 Å². The van der Waals surface area contributed by atoms with E-state index in [4.69, 9.17) is 4.74 Å². The summed E-state index contributed by atoms with van der Waals surface area (Å²) >= 11 is 3.40. The van der Waals surface area contributed by atoms with E-state index in [0.717, 1.165) is 34.7 Å². The summed E-state index contributed by atoms with van der Waals surface area (Å²) in [5.41, 5.74) is 0.789. The van der Waals surface area contributed by atoms with E-state index < -0.39 is 0 Å². The summed E-state index contributed by atoms with van der Waals surface area (Å²) in [5, 5.41) is 2.92. The molecule has 0 atom stereocenters. The summed E-state index contributed by atoms with van der Waals surface area (Å²) in [5.74, 6) is 1.55. The molecule has 120 valence electrons. The third kappa shape index (κ3) is 4.81. The van der Waals surface area contributed by atoms with Crippen molar-refractivity contribution in [2.45, 2.75) is 12.8 Å². The predicted molar refractivity (Wildman–Crippen MR) is 95.0 cm³/mol. The number of carbonyl (C=O) groups excluding carboxylic acids is 1. The second kappa shape index (κ2) is 7.62. The Balaban J connectivity index is 1.54. The van der Waals surface area contributed by atoms with Crippen molar-refractivity contribution >= 4 is 27.5 Å². The second-order valence-corrected chi connectivity index (χ2v) is 6.53. The van der Waals surface area contributed by atoms with Gasteiger partial charge in [-0.1, -0.05) is 15.9 Å². The molecule has 1 saturated heterocycles. The van der Waals surface area contributed by atoms with Gasteiger partial charge < -0.3 is 10.1 Å². The van der Waals surface area contributed by atoms with Crippen LogP contribution in [-0.2, 0) is 4.79 Å². The van der Waals surface area contributed by atoms with Gasteiger partial charge >= 0.3 is 0 Å². The third-order valence-corrected chi connectivity index (χ3v) is 4.28. The van der Waals surface area contributed by atoms with E-state index in [0.29, 0.717) is 6.54 Å². The third-order valence-electron chi connectivity index (χ3n) is 3.75. The molecule has 4 nitrogen and oxygen atoms in total. The van der Waals surface area contributed by atoms with E-state index in [1.165, 1.54) is 12.8 Å². The Morgan fingerprint density at radius 2 is 1.57 bits per heavy atom. The number of hydrogen-bond acceptors (Lipinski definition) is 3. The normalized spacial score (nSPS) is 14.7. The molecule has 5 heteroatoms. The first kappa shape index (κ1) is 16.0. The van der Waals surface area contributed by atoms with Crippen molar-refractivity contribution in [1.29, 1.82) is 0 Å². The van der Waals surface area contributed by atoms with Crippen molar-refractivity contribution < 1.29 is 9.53 Å². The number of likely N-dealkylation sites (tertiary alicyclic amines) is 1. The lowest BCUT2D eigenvalue weighted by molar-refractivity contribution is -0.117. The highest BCUT2D eigenvalue weighted by atomic mass is 79.9. The fourth-order valence-corrected chi connectivity index (χ4v) is 2.85. The van der Waals surface area contributed by atoms with Gasteiger partial charge in [-0.05, 0) is 74.5 Å². The molecule has 2 aromatic carbocycles. The molecule has 1 N–H and O–H groups in total. The van der Waals surface area contributed by atoms with Crippen LogP contribution in [0.15, 0.2) is 53.0 Å². The van der Waals surface area contributed by atoms with Crippen LogP contribution >= 0.6 is 15.9 Å². The monoisotopic (exact) mass is 374 g/mol. The summed E-state index contributed by atoms with van der Waals surface area (Å²) in [4.78, 5) is 14.2. The molecule has 0 saturated carbocycles. The fraction of sp³-hybridized carbons (Fsp3) is 0.278. The lowest BCUT2D eigenvalue weighted by Crippen LogP contribution is -2.30. The number of rotatable bonds is 5. The van der Waals surface area contributed by atoms with Crippen molar-refractivity contribution in [3.8, 4) is 11.5 Å². The van der Waals surface area contributed by atoms with E-state index in [2.05, 4.69) is 26.1 Å². The van der Waals surface area contributed by atoms with Crippen molar-refractivity contribution in [2.75, 3.05) is 25.0 Å². The highest BCUT2D eigenvalue weighted by Crippen LogP contribution is 2.24. The minimum atomic E-state index is 0.0356. The topological polar surface area (TPSA) is 41.6 Å². The van der Waals surface area contributed by atoms with E-state index in [1.807, 2.05) is 48.5 Å². The van der Waals surface area contributed by atoms with E-state index in [-0.39, 0.29) is 5.91 Å². The van der Waals surface area contributed by atoms with E-state index in [1.54, 1.807) is 0 Å². The number of halogens is 1. The van der Waals surface area contributed by atoms with Crippen LogP contribution in [0.2, 0.25) is 0 Å². The van der Waals surface area contributed by atoms with Crippen molar-refractivity contribution in [2.24, 2.45) is 0 Å². The van der Waals surface area contributed by atoms with E-state index in [9.17, 15) is 4.79 Å². The molecular weight excluding hydrogens is 356 g/mol. The largest absolute Gasteiger partial charge is 0.457 e. The maximum Gasteiger partial charge on any atom is 0.238 e. The van der Waals surface area contributed by atoms with Gasteiger partial charge in [0.05, 0.1) is 6.54 Å². The molecule has 3 rings (SSSR count). The smallest absolute Gasteiger partial charge is 0.238 e. The Kier molecular flexibility index (Phi) is 5.31. The van der Waals surface area contributed by atoms with Gasteiger partial charge in [-0.3, -0.25) is 9.69 Å². The average Bonchev–Trinajstić information content (AvgIpc) is 3.04. The molecule has 2 aromatic rings. The molecular formula is C18H19BrN2O2. The van der Waals surface area contributed by atoms with Crippen molar-refractivity contribution in [1.82, 2.24) is 4.90 Å². The van der Waals surface area contributed by atoms with Gasteiger partial charge in [-0.2, -0.15) is 0 Å². The highest BCUT2D eigenvalue weighted by molar-refractivity contribution is 9.10. The number of nitrogens with zero attached hydrogens (tertiary/aromatic N) is 1. The summed E-state index contributed by atoms with van der Waals surface area (Å²) in [6.45, 7) is 2.51. The molecule has 1 aliphatic rings. The molecule has 0 aliphatic carbocycles. The SMILES string of the molecule is O=C(CN1CCCC1)Nc1ccc(Oc2ccc(Br)cc2)cc1. The van der Waals surface area contributed by atoms with Crippen LogP contribution in [0.1, 0.15) is 12.8 Å². The molecule has 0 spiro atoms. The molecule has 1 amide bonds. The first-order valence-electron chi connectivity index (χ1n) is 7.75. The molecule has 0 unspecified atom stereocenters. The number of ether oxygens (including phenoxy) is 1. The van der Waals surface area contributed by atoms with Crippen molar-refractivity contribution in [3.05, 3.63) is 53.0 Å². The van der Waals surface area contributed by atoms with E-state index >= 15 is 0 Å². The second-order valence-electron chi connectivity index (χ2n) is 5.61. The number of benzene rings is 2. The quantitative estimate of drug-likeness (QED) is 0.849. The lowest BCUT2D eigenvalue weighted by atomic mass is 10.3. The fourth-order valence-electron chi connectivity index (χ4n) is 2.59. The first-order chi connectivity index (χ1) is 11.2. The Bertz CT molecular complexity index is 650. The van der Waals surface area contributed by atoms with Crippen LogP contribution in [-0.4, -0.2) is 30.4 Å². The van der Waals surface area contributed by atoms with Gasteiger partial charge in [-0.15, -0.1) is 0 Å². The Morgan fingerprint density at radius 3 is 2.17 bits per heavy atom. The highest BCUT2D eigenvalue weighted by Gasteiger charge is 2.14. The Hall–Kier alpha value is -1.85. The standard InChI is InChI=1S/C18H19BrN2O2/c19-14-3-7-16(8-4-14)23-17-9-5-15(6-10-17)20-18(22)13-21-11-1-2-12-21/h3-10H,1-2,11-13H2,(H,20,22). The minimum Gasteiger partial charge on any atom is -0.457 e. The zero-order valence-electron chi connectivity index (χ0n) is 12.8. The minimum absolute atomic E-state index is 0.0356. The van der Waals surface area contributed by atoms with Gasteiger partial charge in [0.1, 0.15) is 11.5 Å². The molecule has 1 aliphatic heterocycles. The number of anilines is 1. The van der Waals surface area contributed by atoms with Gasteiger partial charge in [0.25, 0.3) is 0 Å². The zero-order chi connectivity index (χ0) is 16.1. The van der Waals surface area contributed by atoms with Crippen LogP contribution < -0.4 is 10.1 Å². The summed E-state index contributed by atoms with van der Waals surface area (Å²) < 4.78 is 6.77. The molecule has 0 aromatic heterocycles. The maximum absolute atomic E-state index is 12.0. The molecule has 1 fully saturated rings. The summed E-state index contributed by atoms with van der Waals surface area (Å²) in [6, 6.07) is 15.1. The number of nitrogens with one attached hydrogen (secondary N) is 1. The van der Waals surface area contributed by atoms with Crippen LogP contribution in [0.3, 0.4) is 0 Å². The number of carbonyl (C=O) groups is 1. The predicted octanol–water partition coefficient (Wildman–Crippen LogP) is 4.28. The first-order valence-corrected chi connectivity index (χ1v) is 8.54. The summed E-state index contributed by atoms with van der Waals surface area (Å²) in [6.07, 6.45) is 2.38. The maximum atomic E-state index is 12.0. The van der Waals surface area contributed by atoms with Gasteiger partial charge in [-0.25, -0.2) is 0 Å². The van der Waals surface area contributed by atoms with Gasteiger partial charge in [0, 0.05) is 10.2 Å². The summed E-state index contributed by atoms with van der Waals surface area (Å²) in [7, 11) is 0. The van der Waals surface area contributed by atoms with Crippen molar-refractivity contribution in [3.63, 3.8) is 0 Å².